The Morgan fingerprint density at radius 1 is 1.03 bits per heavy atom. The van der Waals surface area contributed by atoms with Crippen molar-refractivity contribution < 1.29 is 17.6 Å². The Labute approximate surface area is 191 Å². The van der Waals surface area contributed by atoms with Crippen LogP contribution in [0.15, 0.2) is 57.9 Å². The Bertz CT molecular complexity index is 1260. The van der Waals surface area contributed by atoms with Gasteiger partial charge in [0.1, 0.15) is 11.5 Å². The first-order valence-corrected chi connectivity index (χ1v) is 11.3. The van der Waals surface area contributed by atoms with Gasteiger partial charge in [0, 0.05) is 23.2 Å². The molecule has 0 atom stereocenters. The van der Waals surface area contributed by atoms with Crippen molar-refractivity contribution in [2.45, 2.75) is 25.7 Å². The topological polar surface area (TPSA) is 126 Å². The van der Waals surface area contributed by atoms with Gasteiger partial charge < -0.3 is 9.73 Å². The highest BCUT2D eigenvalue weighted by atomic mass is 32.2. The molecule has 0 aliphatic rings. The molecule has 3 aromatic rings. The second-order valence-electron chi connectivity index (χ2n) is 6.83. The number of benzene rings is 1. The minimum atomic E-state index is -3.87. The minimum absolute atomic E-state index is 0.00588. The Hall–Kier alpha value is -3.57. The zero-order chi connectivity index (χ0) is 23.3. The Morgan fingerprint density at radius 3 is 2.28 bits per heavy atom. The van der Waals surface area contributed by atoms with Crippen LogP contribution in [0.5, 0.6) is 0 Å². The van der Waals surface area contributed by atoms with E-state index in [1.54, 1.807) is 39.0 Å². The quantitative estimate of drug-likeness (QED) is 0.369. The maximum atomic E-state index is 12.6. The van der Waals surface area contributed by atoms with Crippen molar-refractivity contribution in [3.63, 3.8) is 0 Å². The Morgan fingerprint density at radius 2 is 1.69 bits per heavy atom. The standard InChI is InChI=1S/C21H21N5O4S2/c1-13-12-14(2)23-20(22-13)26-32(28,29)18-9-5-16(6-10-18)24-21(31)25-19(27)11-8-17-7-4-15(3)30-17/h4-12H,1-3H3,(H,22,23,26)(H2,24,25,27,31). The van der Waals surface area contributed by atoms with Crippen molar-refractivity contribution in [3.8, 4) is 0 Å². The molecule has 3 rings (SSSR count). The van der Waals surface area contributed by atoms with Crippen molar-refractivity contribution in [2.24, 2.45) is 0 Å². The molecule has 0 saturated heterocycles. The number of carbonyl (C=O) groups is 1. The predicted molar refractivity (Wildman–Crippen MR) is 126 cm³/mol. The van der Waals surface area contributed by atoms with E-state index in [1.165, 1.54) is 36.4 Å². The van der Waals surface area contributed by atoms with E-state index in [4.69, 9.17) is 16.6 Å². The van der Waals surface area contributed by atoms with Gasteiger partial charge >= 0.3 is 0 Å². The molecule has 0 unspecified atom stereocenters. The number of rotatable bonds is 6. The van der Waals surface area contributed by atoms with Gasteiger partial charge in [-0.15, -0.1) is 0 Å². The second-order valence-corrected chi connectivity index (χ2v) is 8.92. The summed E-state index contributed by atoms with van der Waals surface area (Å²) in [6, 6.07) is 11.1. The maximum absolute atomic E-state index is 12.6. The summed E-state index contributed by atoms with van der Waals surface area (Å²) in [5, 5.41) is 5.38. The van der Waals surface area contributed by atoms with Gasteiger partial charge in [0.15, 0.2) is 5.11 Å². The molecular formula is C21H21N5O4S2. The fourth-order valence-electron chi connectivity index (χ4n) is 2.68. The van der Waals surface area contributed by atoms with Crippen molar-refractivity contribution >= 4 is 51.0 Å². The molecule has 0 fully saturated rings. The van der Waals surface area contributed by atoms with Crippen LogP contribution in [0.1, 0.15) is 22.9 Å². The van der Waals surface area contributed by atoms with Crippen LogP contribution in [0.25, 0.3) is 6.08 Å². The van der Waals surface area contributed by atoms with E-state index in [1.807, 2.05) is 0 Å². The highest BCUT2D eigenvalue weighted by Crippen LogP contribution is 2.17. The number of aromatic nitrogens is 2. The summed E-state index contributed by atoms with van der Waals surface area (Å²) in [7, 11) is -3.87. The van der Waals surface area contributed by atoms with Gasteiger partial charge in [-0.2, -0.15) is 0 Å². The van der Waals surface area contributed by atoms with Crippen LogP contribution in [0, 0.1) is 20.8 Å². The number of carbonyl (C=O) groups excluding carboxylic acids is 1. The largest absolute Gasteiger partial charge is 0.462 e. The SMILES string of the molecule is Cc1cc(C)nc(NS(=O)(=O)c2ccc(NC(=S)NC(=O)C=Cc3ccc(C)o3)cc2)n1. The summed E-state index contributed by atoms with van der Waals surface area (Å²) in [4.78, 5) is 20.2. The molecule has 3 N–H and O–H groups in total. The fourth-order valence-corrected chi connectivity index (χ4v) is 3.85. The summed E-state index contributed by atoms with van der Waals surface area (Å²) >= 11 is 5.12. The highest BCUT2D eigenvalue weighted by Gasteiger charge is 2.16. The second kappa shape index (κ2) is 9.71. The number of aryl methyl sites for hydroxylation is 3. The van der Waals surface area contributed by atoms with E-state index < -0.39 is 15.9 Å². The van der Waals surface area contributed by atoms with Crippen LogP contribution >= 0.6 is 12.2 Å². The van der Waals surface area contributed by atoms with Crippen molar-refractivity contribution in [1.82, 2.24) is 15.3 Å². The van der Waals surface area contributed by atoms with Crippen LogP contribution in [0.4, 0.5) is 11.6 Å². The Kier molecular flexibility index (Phi) is 7.01. The van der Waals surface area contributed by atoms with Gasteiger partial charge in [-0.25, -0.2) is 23.1 Å². The van der Waals surface area contributed by atoms with E-state index in [0.717, 1.165) is 5.76 Å². The van der Waals surface area contributed by atoms with Gasteiger partial charge in [-0.3, -0.25) is 10.1 Å². The van der Waals surface area contributed by atoms with Gasteiger partial charge in [-0.05, 0) is 81.5 Å². The number of furan rings is 1. The van der Waals surface area contributed by atoms with E-state index in [-0.39, 0.29) is 16.0 Å². The minimum Gasteiger partial charge on any atom is -0.462 e. The average molecular weight is 472 g/mol. The molecule has 9 nitrogen and oxygen atoms in total. The summed E-state index contributed by atoms with van der Waals surface area (Å²) in [6.07, 6.45) is 2.82. The molecule has 11 heteroatoms. The first kappa shape index (κ1) is 23.1. The number of nitrogens with one attached hydrogen (secondary N) is 3. The molecule has 0 bridgehead atoms. The van der Waals surface area contributed by atoms with E-state index in [0.29, 0.717) is 22.8 Å². The smallest absolute Gasteiger partial charge is 0.264 e. The summed E-state index contributed by atoms with van der Waals surface area (Å²) < 4.78 is 32.9. The molecule has 0 radical (unpaired) electrons. The molecule has 166 valence electrons. The van der Waals surface area contributed by atoms with Gasteiger partial charge in [-0.1, -0.05) is 0 Å². The predicted octanol–water partition coefficient (Wildman–Crippen LogP) is 3.32. The third-order valence-corrected chi connectivity index (χ3v) is 5.58. The molecule has 0 saturated carbocycles. The molecule has 1 aromatic carbocycles. The van der Waals surface area contributed by atoms with Crippen molar-refractivity contribution in [3.05, 3.63) is 71.4 Å². The molecule has 2 aromatic heterocycles. The van der Waals surface area contributed by atoms with Gasteiger partial charge in [0.05, 0.1) is 4.90 Å². The molecular weight excluding hydrogens is 450 g/mol. The van der Waals surface area contributed by atoms with Crippen molar-refractivity contribution in [2.75, 3.05) is 10.0 Å². The van der Waals surface area contributed by atoms with E-state index in [2.05, 4.69) is 25.3 Å². The number of sulfonamides is 1. The molecule has 1 amide bonds. The van der Waals surface area contributed by atoms with Crippen LogP contribution in [-0.4, -0.2) is 29.4 Å². The molecule has 32 heavy (non-hydrogen) atoms. The zero-order valence-corrected chi connectivity index (χ0v) is 19.2. The summed E-state index contributed by atoms with van der Waals surface area (Å²) in [6.45, 7) is 5.31. The number of nitrogens with zero attached hydrogens (tertiary/aromatic N) is 2. The Balaban J connectivity index is 1.59. The number of hydrogen-bond acceptors (Lipinski definition) is 7. The third kappa shape index (κ3) is 6.46. The van der Waals surface area contributed by atoms with Crippen LogP contribution in [-0.2, 0) is 14.8 Å². The summed E-state index contributed by atoms with van der Waals surface area (Å²) in [5.41, 5.74) is 1.81. The first-order valence-electron chi connectivity index (χ1n) is 9.42. The normalized spacial score (nSPS) is 11.3. The number of amides is 1. The molecule has 0 aliphatic heterocycles. The molecule has 0 aliphatic carbocycles. The van der Waals surface area contributed by atoms with Crippen molar-refractivity contribution in [1.29, 1.82) is 0 Å². The van der Waals surface area contributed by atoms with Gasteiger partial charge in [0.25, 0.3) is 10.0 Å². The monoisotopic (exact) mass is 471 g/mol. The first-order chi connectivity index (χ1) is 15.1. The maximum Gasteiger partial charge on any atom is 0.264 e. The number of anilines is 2. The summed E-state index contributed by atoms with van der Waals surface area (Å²) in [5.74, 6) is 0.859. The van der Waals surface area contributed by atoms with E-state index in [9.17, 15) is 13.2 Å². The lowest BCUT2D eigenvalue weighted by molar-refractivity contribution is -0.115. The average Bonchev–Trinajstić information content (AvgIpc) is 3.11. The van der Waals surface area contributed by atoms with E-state index >= 15 is 0 Å². The lowest BCUT2D eigenvalue weighted by Crippen LogP contribution is -2.32. The lowest BCUT2D eigenvalue weighted by atomic mass is 10.3. The third-order valence-electron chi connectivity index (χ3n) is 4.03. The van der Waals surface area contributed by atoms with Gasteiger partial charge in [0.2, 0.25) is 11.9 Å². The highest BCUT2D eigenvalue weighted by molar-refractivity contribution is 7.92. The molecule has 0 spiro atoms. The van der Waals surface area contributed by atoms with Crippen LogP contribution < -0.4 is 15.4 Å². The fraction of sp³-hybridized carbons (Fsp3) is 0.143. The zero-order valence-electron chi connectivity index (χ0n) is 17.5. The number of hydrogen-bond donors (Lipinski definition) is 3. The van der Waals surface area contributed by atoms with Crippen LogP contribution in [0.3, 0.4) is 0 Å². The molecule has 2 heterocycles. The lowest BCUT2D eigenvalue weighted by Gasteiger charge is -2.10. The number of thiocarbonyl (C=S) groups is 1. The van der Waals surface area contributed by atoms with Crippen LogP contribution in [0.2, 0.25) is 0 Å².